The van der Waals surface area contributed by atoms with Crippen LogP contribution in [0.2, 0.25) is 0 Å². The number of allylic oxidation sites excluding steroid dienone is 1. The fraction of sp³-hybridized carbons (Fsp3) is 0.500. The molecule has 0 amide bonds. The molecule has 5 N–H and O–H groups in total. The standard InChI is InChI=1S/C28H37FN10O2S/c1-38-13-9-24(37-38)23-17-34-28(30,14-25(23)33-15-19-2-4-21(5-3-19)31-12-10-29)26-8-11-32-27(36-26)20-16-35-39(18-20)42(40,41)22-6-7-22/h8-9,11,13-14,16-19,21-22,31,33-34H,2-7,10,12,15,30H2,1H3. The molecule has 224 valence electrons. The predicted octanol–water partition coefficient (Wildman–Crippen LogP) is 1.76. The van der Waals surface area contributed by atoms with Gasteiger partial charge in [0.1, 0.15) is 6.67 Å². The molecular weight excluding hydrogens is 559 g/mol. The van der Waals surface area contributed by atoms with Crippen LogP contribution in [0, 0.1) is 5.92 Å². The first kappa shape index (κ1) is 28.5. The van der Waals surface area contributed by atoms with E-state index in [9.17, 15) is 12.8 Å². The molecule has 3 aliphatic rings. The molecule has 3 aromatic heterocycles. The molecule has 2 saturated carbocycles. The topological polar surface area (TPSA) is 158 Å². The Morgan fingerprint density at radius 1 is 1.19 bits per heavy atom. The monoisotopic (exact) mass is 596 g/mol. The molecule has 4 heterocycles. The second-order valence-electron chi connectivity index (χ2n) is 11.4. The van der Waals surface area contributed by atoms with Crippen molar-refractivity contribution in [1.29, 1.82) is 0 Å². The highest BCUT2D eigenvalue weighted by molar-refractivity contribution is 7.90. The number of nitrogens with two attached hydrogens (primary N) is 1. The maximum atomic E-state index is 12.6. The normalized spacial score (nSPS) is 24.5. The lowest BCUT2D eigenvalue weighted by Crippen LogP contribution is -2.50. The number of nitrogens with zero attached hydrogens (tertiary/aromatic N) is 6. The first-order valence-corrected chi connectivity index (χ1v) is 15.9. The average Bonchev–Trinajstić information content (AvgIpc) is 3.59. The Morgan fingerprint density at radius 3 is 2.71 bits per heavy atom. The molecule has 1 unspecified atom stereocenters. The largest absolute Gasteiger partial charge is 0.384 e. The minimum absolute atomic E-state index is 0.330. The molecule has 2 aliphatic carbocycles. The Labute approximate surface area is 244 Å². The summed E-state index contributed by atoms with van der Waals surface area (Å²) in [4.78, 5) is 9.08. The molecule has 0 saturated heterocycles. The van der Waals surface area contributed by atoms with Crippen LogP contribution < -0.4 is 21.7 Å². The van der Waals surface area contributed by atoms with E-state index < -0.39 is 15.7 Å². The summed E-state index contributed by atoms with van der Waals surface area (Å²) in [5, 5.41) is 18.5. The lowest BCUT2D eigenvalue weighted by molar-refractivity contribution is 0.283. The second kappa shape index (κ2) is 11.6. The van der Waals surface area contributed by atoms with Crippen molar-refractivity contribution in [3.05, 3.63) is 66.3 Å². The maximum Gasteiger partial charge on any atom is 0.256 e. The van der Waals surface area contributed by atoms with Gasteiger partial charge in [0.05, 0.1) is 34.6 Å². The van der Waals surface area contributed by atoms with Crippen LogP contribution in [0.3, 0.4) is 0 Å². The van der Waals surface area contributed by atoms with E-state index in [2.05, 4.69) is 31.1 Å². The number of alkyl halides is 1. The summed E-state index contributed by atoms with van der Waals surface area (Å²) < 4.78 is 40.5. The van der Waals surface area contributed by atoms with Crippen LogP contribution in [0.5, 0.6) is 0 Å². The molecular formula is C28H37FN10O2S. The molecule has 42 heavy (non-hydrogen) atoms. The van der Waals surface area contributed by atoms with E-state index >= 15 is 0 Å². The van der Waals surface area contributed by atoms with Crippen LogP contribution >= 0.6 is 0 Å². The SMILES string of the molecule is Cn1ccc(C2=CNC(N)(c3ccnc(-c4cnn(S(=O)(=O)C5CC5)c4)n3)C=C2NCC2CCC(NCCF)CC2)n1. The number of aromatic nitrogens is 6. The molecule has 1 aliphatic heterocycles. The average molecular weight is 597 g/mol. The number of nitrogens with one attached hydrogen (secondary N) is 3. The number of rotatable bonds is 11. The molecule has 3 aromatic rings. The van der Waals surface area contributed by atoms with Crippen LogP contribution in [0.15, 0.2) is 54.9 Å². The van der Waals surface area contributed by atoms with Gasteiger partial charge in [0, 0.05) is 56.0 Å². The van der Waals surface area contributed by atoms with Gasteiger partial charge in [-0.1, -0.05) is 0 Å². The molecule has 12 nitrogen and oxygen atoms in total. The number of hydrogen-bond donors (Lipinski definition) is 4. The minimum Gasteiger partial charge on any atom is -0.384 e. The van der Waals surface area contributed by atoms with Crippen molar-refractivity contribution in [2.75, 3.05) is 19.8 Å². The quantitative estimate of drug-likeness (QED) is 0.257. The molecule has 6 rings (SSSR count). The van der Waals surface area contributed by atoms with Crippen molar-refractivity contribution in [3.63, 3.8) is 0 Å². The number of hydrogen-bond acceptors (Lipinski definition) is 10. The molecule has 0 spiro atoms. The van der Waals surface area contributed by atoms with Gasteiger partial charge in [-0.25, -0.2) is 22.8 Å². The molecule has 14 heteroatoms. The Kier molecular flexibility index (Phi) is 7.85. The third-order valence-corrected chi connectivity index (χ3v) is 10.2. The predicted molar refractivity (Wildman–Crippen MR) is 157 cm³/mol. The Bertz CT molecular complexity index is 1590. The van der Waals surface area contributed by atoms with Gasteiger partial charge in [0.25, 0.3) is 10.0 Å². The Balaban J connectivity index is 1.23. The molecule has 0 aromatic carbocycles. The smallest absolute Gasteiger partial charge is 0.256 e. The van der Waals surface area contributed by atoms with Crippen molar-refractivity contribution in [2.24, 2.45) is 18.7 Å². The summed E-state index contributed by atoms with van der Waals surface area (Å²) in [7, 11) is -1.62. The first-order chi connectivity index (χ1) is 20.2. The zero-order valence-corrected chi connectivity index (χ0v) is 24.4. The van der Waals surface area contributed by atoms with Crippen molar-refractivity contribution in [3.8, 4) is 11.4 Å². The van der Waals surface area contributed by atoms with Crippen molar-refractivity contribution >= 4 is 15.6 Å². The third-order valence-electron chi connectivity index (χ3n) is 8.17. The third kappa shape index (κ3) is 5.96. The van der Waals surface area contributed by atoms with Gasteiger partial charge in [-0.3, -0.25) is 4.68 Å². The van der Waals surface area contributed by atoms with Crippen LogP contribution in [-0.4, -0.2) is 68.4 Å². The van der Waals surface area contributed by atoms with Crippen molar-refractivity contribution < 1.29 is 12.8 Å². The van der Waals surface area contributed by atoms with Crippen molar-refractivity contribution in [1.82, 2.24) is 44.9 Å². The maximum absolute atomic E-state index is 12.6. The van der Waals surface area contributed by atoms with Crippen LogP contribution in [0.1, 0.15) is 49.9 Å². The van der Waals surface area contributed by atoms with Gasteiger partial charge in [-0.15, -0.1) is 0 Å². The van der Waals surface area contributed by atoms with E-state index in [4.69, 9.17) is 10.7 Å². The van der Waals surface area contributed by atoms with E-state index in [0.29, 0.717) is 48.4 Å². The molecule has 0 radical (unpaired) electrons. The van der Waals surface area contributed by atoms with Gasteiger partial charge in [0.2, 0.25) is 0 Å². The number of aryl methyl sites for hydroxylation is 1. The second-order valence-corrected chi connectivity index (χ2v) is 13.4. The number of halogens is 1. The van der Waals surface area contributed by atoms with E-state index in [0.717, 1.165) is 53.3 Å². The highest BCUT2D eigenvalue weighted by atomic mass is 32.2. The highest BCUT2D eigenvalue weighted by Crippen LogP contribution is 2.32. The molecule has 0 bridgehead atoms. The fourth-order valence-corrected chi connectivity index (χ4v) is 7.05. The summed E-state index contributed by atoms with van der Waals surface area (Å²) >= 11 is 0. The van der Waals surface area contributed by atoms with Crippen molar-refractivity contribution in [2.45, 2.75) is 55.5 Å². The molecule has 1 atom stereocenters. The minimum atomic E-state index is -3.50. The van der Waals surface area contributed by atoms with Gasteiger partial charge in [-0.05, 0) is 62.7 Å². The zero-order chi connectivity index (χ0) is 29.3. The van der Waals surface area contributed by atoms with Crippen LogP contribution in [0.25, 0.3) is 17.0 Å². The highest BCUT2D eigenvalue weighted by Gasteiger charge is 2.38. The molecule has 2 fully saturated rings. The summed E-state index contributed by atoms with van der Waals surface area (Å²) in [6.07, 6.45) is 15.6. The van der Waals surface area contributed by atoms with E-state index in [1.54, 1.807) is 16.9 Å². The first-order valence-electron chi connectivity index (χ1n) is 14.4. The summed E-state index contributed by atoms with van der Waals surface area (Å²) in [6.45, 7) is 0.843. The van der Waals surface area contributed by atoms with Crippen LogP contribution in [-0.2, 0) is 22.7 Å². The zero-order valence-electron chi connectivity index (χ0n) is 23.6. The number of dihydropyridines is 1. The van der Waals surface area contributed by atoms with E-state index in [1.807, 2.05) is 31.6 Å². The Morgan fingerprint density at radius 2 is 2.00 bits per heavy atom. The summed E-state index contributed by atoms with van der Waals surface area (Å²) in [5.41, 5.74) is 9.29. The van der Waals surface area contributed by atoms with Gasteiger partial charge in [-0.2, -0.15) is 14.3 Å². The lowest BCUT2D eigenvalue weighted by Gasteiger charge is -2.34. The Hall–Kier alpha value is -3.62. The van der Waals surface area contributed by atoms with E-state index in [1.165, 1.54) is 12.4 Å². The summed E-state index contributed by atoms with van der Waals surface area (Å²) in [5.74, 6) is 0.812. The van der Waals surface area contributed by atoms with E-state index in [-0.39, 0.29) is 11.9 Å². The van der Waals surface area contributed by atoms with Gasteiger partial charge < -0.3 is 21.7 Å². The summed E-state index contributed by atoms with van der Waals surface area (Å²) in [6, 6.07) is 4.06. The van der Waals surface area contributed by atoms with Gasteiger partial charge >= 0.3 is 0 Å². The van der Waals surface area contributed by atoms with Crippen LogP contribution in [0.4, 0.5) is 4.39 Å². The van der Waals surface area contributed by atoms with Gasteiger partial charge in [0.15, 0.2) is 11.5 Å². The fourth-order valence-electron chi connectivity index (χ4n) is 5.57. The lowest BCUT2D eigenvalue weighted by atomic mass is 9.85.